The van der Waals surface area contributed by atoms with Crippen LogP contribution in [0.1, 0.15) is 15.9 Å². The number of halogens is 5. The van der Waals surface area contributed by atoms with E-state index >= 15 is 0 Å². The summed E-state index contributed by atoms with van der Waals surface area (Å²) in [7, 11) is 0. The largest absolute Gasteiger partial charge is 0.478 e. The van der Waals surface area contributed by atoms with E-state index in [1.807, 2.05) is 0 Å². The van der Waals surface area contributed by atoms with Crippen LogP contribution < -0.4 is 0 Å². The maximum atomic E-state index is 13.1. The molecule has 1 N–H and O–H groups in total. The molecule has 0 saturated carbocycles. The SMILES string of the molecule is Cc1c(F)c(F)c(Cl)c(C(=O)O)c1F.Cl. The van der Waals surface area contributed by atoms with E-state index in [0.29, 0.717) is 0 Å². The maximum absolute atomic E-state index is 13.1. The van der Waals surface area contributed by atoms with Gasteiger partial charge < -0.3 is 5.11 Å². The highest BCUT2D eigenvalue weighted by atomic mass is 35.5. The van der Waals surface area contributed by atoms with Gasteiger partial charge in [0.1, 0.15) is 11.4 Å². The molecule has 0 radical (unpaired) electrons. The van der Waals surface area contributed by atoms with Gasteiger partial charge in [0.15, 0.2) is 11.6 Å². The number of hydrogen-bond acceptors (Lipinski definition) is 1. The quantitative estimate of drug-likeness (QED) is 0.622. The third kappa shape index (κ3) is 2.18. The Bertz CT molecular complexity index is 392. The number of rotatable bonds is 1. The summed E-state index contributed by atoms with van der Waals surface area (Å²) in [6.45, 7) is 0.927. The number of carboxylic acids is 1. The van der Waals surface area contributed by atoms with Gasteiger partial charge in [0.2, 0.25) is 0 Å². The van der Waals surface area contributed by atoms with Crippen molar-refractivity contribution in [3.63, 3.8) is 0 Å². The smallest absolute Gasteiger partial charge is 0.340 e. The molecule has 0 heterocycles. The second kappa shape index (κ2) is 4.72. The fourth-order valence-corrected chi connectivity index (χ4v) is 1.19. The molecule has 0 fully saturated rings. The van der Waals surface area contributed by atoms with Crippen LogP contribution >= 0.6 is 24.0 Å². The van der Waals surface area contributed by atoms with Crippen molar-refractivity contribution >= 4 is 30.0 Å². The molecule has 0 aromatic heterocycles. The van der Waals surface area contributed by atoms with E-state index in [1.165, 1.54) is 0 Å². The van der Waals surface area contributed by atoms with Crippen molar-refractivity contribution in [3.05, 3.63) is 33.6 Å². The Morgan fingerprint density at radius 2 is 1.67 bits per heavy atom. The monoisotopic (exact) mass is 260 g/mol. The molecule has 0 atom stereocenters. The van der Waals surface area contributed by atoms with Crippen LogP contribution in [0, 0.1) is 24.4 Å². The minimum atomic E-state index is -1.74. The van der Waals surface area contributed by atoms with Crippen LogP contribution in [0.5, 0.6) is 0 Å². The maximum Gasteiger partial charge on any atom is 0.340 e. The highest BCUT2D eigenvalue weighted by molar-refractivity contribution is 6.33. The first kappa shape index (κ1) is 14.1. The van der Waals surface area contributed by atoms with Crippen molar-refractivity contribution in [2.45, 2.75) is 6.92 Å². The van der Waals surface area contributed by atoms with E-state index in [-0.39, 0.29) is 12.4 Å². The summed E-state index contributed by atoms with van der Waals surface area (Å²) in [5, 5.41) is 7.42. The lowest BCUT2D eigenvalue weighted by molar-refractivity contribution is 0.0691. The highest BCUT2D eigenvalue weighted by Crippen LogP contribution is 2.28. The molecule has 2 nitrogen and oxygen atoms in total. The van der Waals surface area contributed by atoms with Gasteiger partial charge >= 0.3 is 5.97 Å². The summed E-state index contributed by atoms with van der Waals surface area (Å²) < 4.78 is 38.7. The topological polar surface area (TPSA) is 37.3 Å². The predicted molar refractivity (Wildman–Crippen MR) is 50.3 cm³/mol. The number of benzene rings is 1. The fraction of sp³-hybridized carbons (Fsp3) is 0.125. The first-order valence-corrected chi connectivity index (χ1v) is 3.81. The molecule has 0 aliphatic rings. The van der Waals surface area contributed by atoms with Crippen LogP contribution in [-0.2, 0) is 0 Å². The molecule has 0 amide bonds. The van der Waals surface area contributed by atoms with E-state index in [2.05, 4.69) is 0 Å². The average molecular weight is 261 g/mol. The molecule has 0 saturated heterocycles. The Labute approximate surface area is 94.1 Å². The second-order valence-electron chi connectivity index (χ2n) is 2.56. The Balaban J connectivity index is 0.00000196. The van der Waals surface area contributed by atoms with Crippen LogP contribution in [0.25, 0.3) is 0 Å². The van der Waals surface area contributed by atoms with Gasteiger partial charge in [-0.05, 0) is 6.92 Å². The van der Waals surface area contributed by atoms with Gasteiger partial charge in [0.05, 0.1) is 5.02 Å². The standard InChI is InChI=1S/C8H4ClF3O2.ClH/c1-2-5(10)3(8(13)14)4(9)7(12)6(2)11;/h1H3,(H,13,14);1H. The predicted octanol–water partition coefficient (Wildman–Crippen LogP) is 3.19. The van der Waals surface area contributed by atoms with Crippen LogP contribution in [0.2, 0.25) is 5.02 Å². The number of aromatic carboxylic acids is 1. The molecular formula is C8H5Cl2F3O2. The lowest BCUT2D eigenvalue weighted by Crippen LogP contribution is -2.08. The molecule has 7 heteroatoms. The zero-order chi connectivity index (χ0) is 11.0. The number of carbonyl (C=O) groups is 1. The van der Waals surface area contributed by atoms with Crippen molar-refractivity contribution in [3.8, 4) is 0 Å². The summed E-state index contributed by atoms with van der Waals surface area (Å²) in [4.78, 5) is 10.4. The number of carboxylic acid groups (broad SMARTS) is 1. The van der Waals surface area contributed by atoms with E-state index in [4.69, 9.17) is 16.7 Å². The summed E-state index contributed by atoms with van der Waals surface area (Å²) >= 11 is 5.13. The Morgan fingerprint density at radius 3 is 2.07 bits per heavy atom. The number of hydrogen-bond donors (Lipinski definition) is 1. The van der Waals surface area contributed by atoms with Gasteiger partial charge in [-0.15, -0.1) is 12.4 Å². The molecule has 15 heavy (non-hydrogen) atoms. The Kier molecular flexibility index (Phi) is 4.42. The van der Waals surface area contributed by atoms with Gasteiger partial charge in [-0.1, -0.05) is 11.6 Å². The van der Waals surface area contributed by atoms with Crippen molar-refractivity contribution in [1.29, 1.82) is 0 Å². The molecule has 84 valence electrons. The van der Waals surface area contributed by atoms with E-state index in [0.717, 1.165) is 6.92 Å². The first-order chi connectivity index (χ1) is 6.37. The zero-order valence-electron chi connectivity index (χ0n) is 7.28. The molecule has 0 bridgehead atoms. The third-order valence-electron chi connectivity index (χ3n) is 1.70. The molecular weight excluding hydrogens is 256 g/mol. The average Bonchev–Trinajstić information content (AvgIpc) is 2.11. The minimum Gasteiger partial charge on any atom is -0.478 e. The van der Waals surface area contributed by atoms with Crippen molar-refractivity contribution < 1.29 is 23.1 Å². The fourth-order valence-electron chi connectivity index (χ4n) is 0.939. The highest BCUT2D eigenvalue weighted by Gasteiger charge is 2.25. The van der Waals surface area contributed by atoms with E-state index < -0.39 is 39.6 Å². The van der Waals surface area contributed by atoms with Gasteiger partial charge in [-0.25, -0.2) is 18.0 Å². The van der Waals surface area contributed by atoms with Crippen LogP contribution in [0.3, 0.4) is 0 Å². The Hall–Kier alpha value is -0.940. The molecule has 0 aliphatic carbocycles. The molecule has 1 aromatic rings. The van der Waals surface area contributed by atoms with Gasteiger partial charge in [0, 0.05) is 5.56 Å². The van der Waals surface area contributed by atoms with Crippen LogP contribution in [0.4, 0.5) is 13.2 Å². The second-order valence-corrected chi connectivity index (χ2v) is 2.94. The van der Waals surface area contributed by atoms with E-state index in [1.54, 1.807) is 0 Å². The van der Waals surface area contributed by atoms with E-state index in [9.17, 15) is 18.0 Å². The van der Waals surface area contributed by atoms with Crippen molar-refractivity contribution in [2.75, 3.05) is 0 Å². The third-order valence-corrected chi connectivity index (χ3v) is 2.05. The molecule has 0 unspecified atom stereocenters. The first-order valence-electron chi connectivity index (χ1n) is 3.43. The van der Waals surface area contributed by atoms with Crippen LogP contribution in [-0.4, -0.2) is 11.1 Å². The minimum absolute atomic E-state index is 0. The molecule has 1 aromatic carbocycles. The van der Waals surface area contributed by atoms with Gasteiger partial charge in [0.25, 0.3) is 0 Å². The summed E-state index contributed by atoms with van der Waals surface area (Å²) in [6.07, 6.45) is 0. The lowest BCUT2D eigenvalue weighted by atomic mass is 10.1. The normalized spacial score (nSPS) is 9.67. The van der Waals surface area contributed by atoms with Gasteiger partial charge in [-0.2, -0.15) is 0 Å². The molecule has 0 aliphatic heterocycles. The zero-order valence-corrected chi connectivity index (χ0v) is 8.85. The summed E-state index contributed by atoms with van der Waals surface area (Å²) in [5.41, 5.74) is -1.76. The molecule has 0 spiro atoms. The van der Waals surface area contributed by atoms with Crippen molar-refractivity contribution in [1.82, 2.24) is 0 Å². The van der Waals surface area contributed by atoms with Gasteiger partial charge in [-0.3, -0.25) is 0 Å². The lowest BCUT2D eigenvalue weighted by Gasteiger charge is -2.06. The van der Waals surface area contributed by atoms with Crippen LogP contribution in [0.15, 0.2) is 0 Å². The summed E-state index contributed by atoms with van der Waals surface area (Å²) in [5.74, 6) is -6.13. The Morgan fingerprint density at radius 1 is 1.20 bits per heavy atom. The van der Waals surface area contributed by atoms with Crippen molar-refractivity contribution in [2.24, 2.45) is 0 Å². The summed E-state index contributed by atoms with van der Waals surface area (Å²) in [6, 6.07) is 0. The molecule has 1 rings (SSSR count).